The average Bonchev–Trinajstić information content (AvgIpc) is 3.03. The molecule has 119 valence electrons. The van der Waals surface area contributed by atoms with Crippen LogP contribution < -0.4 is 10.5 Å². The van der Waals surface area contributed by atoms with Crippen LogP contribution in [0.5, 0.6) is 5.75 Å². The second-order valence-electron chi connectivity index (χ2n) is 5.78. The van der Waals surface area contributed by atoms with Crippen molar-refractivity contribution in [1.29, 1.82) is 0 Å². The first-order chi connectivity index (χ1) is 11.8. The highest BCUT2D eigenvalue weighted by atomic mass is 32.2. The lowest BCUT2D eigenvalue weighted by Crippen LogP contribution is -1.94. The number of rotatable bonds is 3. The standard InChI is InChI=1S/C21H18NOS/c1-23-16-9-4-8-15(12-16)19-13-20(24-21(19)22)18-11-5-7-14-6-2-3-10-17(14)18/h2-13,20H,22H2,1H3. The van der Waals surface area contributed by atoms with Gasteiger partial charge in [-0.2, -0.15) is 0 Å². The number of allylic oxidation sites excluding steroid dienone is 1. The van der Waals surface area contributed by atoms with E-state index in [1.165, 1.54) is 16.3 Å². The van der Waals surface area contributed by atoms with Gasteiger partial charge >= 0.3 is 0 Å². The van der Waals surface area contributed by atoms with Crippen LogP contribution in [0.1, 0.15) is 16.4 Å². The van der Waals surface area contributed by atoms with Gasteiger partial charge in [0.1, 0.15) is 5.75 Å². The third-order valence-electron chi connectivity index (χ3n) is 4.35. The van der Waals surface area contributed by atoms with E-state index in [9.17, 15) is 0 Å². The Labute approximate surface area is 146 Å². The van der Waals surface area contributed by atoms with E-state index in [2.05, 4.69) is 55.0 Å². The fraction of sp³-hybridized carbons (Fsp3) is 0.0952. The average molecular weight is 332 g/mol. The van der Waals surface area contributed by atoms with E-state index in [1.807, 2.05) is 18.2 Å². The molecule has 4 rings (SSSR count). The summed E-state index contributed by atoms with van der Waals surface area (Å²) in [7, 11) is 1.68. The molecule has 1 aliphatic heterocycles. The molecule has 1 atom stereocenters. The van der Waals surface area contributed by atoms with Crippen LogP contribution in [0, 0.1) is 6.42 Å². The molecule has 0 saturated heterocycles. The minimum Gasteiger partial charge on any atom is -0.497 e. The number of benzene rings is 3. The predicted octanol–water partition coefficient (Wildman–Crippen LogP) is 5.17. The second kappa shape index (κ2) is 6.25. The number of hydrogen-bond donors (Lipinski definition) is 1. The van der Waals surface area contributed by atoms with Gasteiger partial charge < -0.3 is 10.5 Å². The second-order valence-corrected chi connectivity index (χ2v) is 6.97. The SMILES string of the molecule is COc1cccc(C2=C(N)SC(c3cccc4ccccc34)[CH]2)c1. The minimum absolute atomic E-state index is 0.234. The van der Waals surface area contributed by atoms with Gasteiger partial charge in [0.25, 0.3) is 0 Å². The van der Waals surface area contributed by atoms with Crippen LogP contribution in [-0.2, 0) is 0 Å². The maximum Gasteiger partial charge on any atom is 0.119 e. The number of fused-ring (bicyclic) bond motifs is 1. The van der Waals surface area contributed by atoms with Crippen molar-refractivity contribution in [2.75, 3.05) is 7.11 Å². The van der Waals surface area contributed by atoms with Gasteiger partial charge in [-0.3, -0.25) is 0 Å². The van der Waals surface area contributed by atoms with Gasteiger partial charge in [-0.1, -0.05) is 66.4 Å². The molecule has 3 aromatic carbocycles. The monoisotopic (exact) mass is 332 g/mol. The van der Waals surface area contributed by atoms with Crippen LogP contribution >= 0.6 is 11.8 Å². The van der Waals surface area contributed by atoms with E-state index in [0.29, 0.717) is 0 Å². The third-order valence-corrected chi connectivity index (χ3v) is 5.47. The highest BCUT2D eigenvalue weighted by molar-refractivity contribution is 8.03. The third kappa shape index (κ3) is 2.65. The Bertz CT molecular complexity index is 927. The van der Waals surface area contributed by atoms with Gasteiger partial charge in [-0.15, -0.1) is 0 Å². The molecule has 0 saturated carbocycles. The van der Waals surface area contributed by atoms with Gasteiger partial charge in [0.05, 0.1) is 12.1 Å². The van der Waals surface area contributed by atoms with Gasteiger partial charge in [-0.05, 0) is 39.6 Å². The lowest BCUT2D eigenvalue weighted by atomic mass is 9.95. The van der Waals surface area contributed by atoms with E-state index in [0.717, 1.165) is 21.9 Å². The maximum absolute atomic E-state index is 6.34. The molecule has 0 aromatic heterocycles. The van der Waals surface area contributed by atoms with Gasteiger partial charge in [0.2, 0.25) is 0 Å². The van der Waals surface area contributed by atoms with E-state index in [-0.39, 0.29) is 5.25 Å². The summed E-state index contributed by atoms with van der Waals surface area (Å²) in [6.07, 6.45) is 2.26. The van der Waals surface area contributed by atoms with Crippen LogP contribution in [0.25, 0.3) is 16.3 Å². The highest BCUT2D eigenvalue weighted by Crippen LogP contribution is 2.49. The molecule has 0 aliphatic carbocycles. The molecule has 24 heavy (non-hydrogen) atoms. The molecule has 3 aromatic rings. The molecule has 0 bridgehead atoms. The van der Waals surface area contributed by atoms with Crippen molar-refractivity contribution in [3.63, 3.8) is 0 Å². The molecule has 3 heteroatoms. The molecule has 2 N–H and O–H groups in total. The summed E-state index contributed by atoms with van der Waals surface area (Å²) in [5, 5.41) is 3.64. The van der Waals surface area contributed by atoms with Crippen molar-refractivity contribution in [2.45, 2.75) is 5.25 Å². The topological polar surface area (TPSA) is 35.2 Å². The smallest absolute Gasteiger partial charge is 0.119 e. The predicted molar refractivity (Wildman–Crippen MR) is 103 cm³/mol. The Balaban J connectivity index is 1.69. The van der Waals surface area contributed by atoms with Crippen molar-refractivity contribution in [3.05, 3.63) is 89.3 Å². The van der Waals surface area contributed by atoms with Crippen molar-refractivity contribution >= 4 is 28.1 Å². The molecule has 1 unspecified atom stereocenters. The fourth-order valence-corrected chi connectivity index (χ4v) is 4.27. The zero-order valence-electron chi connectivity index (χ0n) is 13.4. The summed E-state index contributed by atoms with van der Waals surface area (Å²) in [5.41, 5.74) is 9.84. The molecule has 2 nitrogen and oxygen atoms in total. The molecular weight excluding hydrogens is 314 g/mol. The Kier molecular flexibility index (Phi) is 3.95. The van der Waals surface area contributed by atoms with Crippen molar-refractivity contribution in [2.24, 2.45) is 5.73 Å². The zero-order chi connectivity index (χ0) is 16.5. The minimum atomic E-state index is 0.234. The Morgan fingerprint density at radius 1 is 0.958 bits per heavy atom. The Morgan fingerprint density at radius 3 is 2.62 bits per heavy atom. The van der Waals surface area contributed by atoms with Crippen LogP contribution in [-0.4, -0.2) is 7.11 Å². The number of thioether (sulfide) groups is 1. The Hall–Kier alpha value is -2.39. The summed E-state index contributed by atoms with van der Waals surface area (Å²) >= 11 is 1.71. The lowest BCUT2D eigenvalue weighted by molar-refractivity contribution is 0.414. The highest BCUT2D eigenvalue weighted by Gasteiger charge is 2.27. The fourth-order valence-electron chi connectivity index (χ4n) is 3.15. The van der Waals surface area contributed by atoms with Crippen molar-refractivity contribution in [3.8, 4) is 5.75 Å². The molecule has 1 heterocycles. The first kappa shape index (κ1) is 15.2. The van der Waals surface area contributed by atoms with Crippen molar-refractivity contribution in [1.82, 2.24) is 0 Å². The van der Waals surface area contributed by atoms with Gasteiger partial charge in [0, 0.05) is 11.7 Å². The first-order valence-electron chi connectivity index (χ1n) is 7.89. The number of methoxy groups -OCH3 is 1. The summed E-state index contributed by atoms with van der Waals surface area (Å²) in [4.78, 5) is 0. The van der Waals surface area contributed by atoms with E-state index in [1.54, 1.807) is 18.9 Å². The van der Waals surface area contributed by atoms with Gasteiger partial charge in [0.15, 0.2) is 0 Å². The van der Waals surface area contributed by atoms with E-state index in [4.69, 9.17) is 10.5 Å². The lowest BCUT2D eigenvalue weighted by Gasteiger charge is -2.13. The number of nitrogens with two attached hydrogens (primary N) is 1. The van der Waals surface area contributed by atoms with Gasteiger partial charge in [-0.25, -0.2) is 0 Å². The Morgan fingerprint density at radius 2 is 1.75 bits per heavy atom. The maximum atomic E-state index is 6.34. The van der Waals surface area contributed by atoms with E-state index < -0.39 is 0 Å². The van der Waals surface area contributed by atoms with Crippen LogP contribution in [0.15, 0.2) is 71.8 Å². The summed E-state index contributed by atoms with van der Waals surface area (Å²) in [6, 6.07) is 23.0. The van der Waals surface area contributed by atoms with E-state index >= 15 is 0 Å². The summed E-state index contributed by atoms with van der Waals surface area (Å²) < 4.78 is 5.33. The normalized spacial score (nSPS) is 17.5. The molecule has 0 fully saturated rings. The van der Waals surface area contributed by atoms with Crippen LogP contribution in [0.2, 0.25) is 0 Å². The molecule has 0 spiro atoms. The van der Waals surface area contributed by atoms with Crippen molar-refractivity contribution < 1.29 is 4.74 Å². The summed E-state index contributed by atoms with van der Waals surface area (Å²) in [5.74, 6) is 0.847. The molecule has 1 aliphatic rings. The van der Waals surface area contributed by atoms with Crippen LogP contribution in [0.3, 0.4) is 0 Å². The first-order valence-corrected chi connectivity index (χ1v) is 8.77. The number of ether oxygens (including phenoxy) is 1. The number of hydrogen-bond acceptors (Lipinski definition) is 3. The molecular formula is C21H18NOS. The van der Waals surface area contributed by atoms with Crippen LogP contribution in [0.4, 0.5) is 0 Å². The molecule has 1 radical (unpaired) electrons. The quantitative estimate of drug-likeness (QED) is 0.719. The molecule has 0 amide bonds. The zero-order valence-corrected chi connectivity index (χ0v) is 14.2. The largest absolute Gasteiger partial charge is 0.497 e. The summed E-state index contributed by atoms with van der Waals surface area (Å²) in [6.45, 7) is 0.